The predicted octanol–water partition coefficient (Wildman–Crippen LogP) is 4.18. The minimum absolute atomic E-state index is 0.0000477. The Kier molecular flexibility index (Phi) is 9.36. The average Bonchev–Trinajstić information content (AvgIpc) is 2.31. The highest BCUT2D eigenvalue weighted by molar-refractivity contribution is 5.72. The fraction of sp³-hybridized carbons (Fsp3) is 0.929. The van der Waals surface area contributed by atoms with Crippen LogP contribution in [0.1, 0.15) is 66.2 Å². The smallest absolute Gasteiger partial charge is 0.308 e. The van der Waals surface area contributed by atoms with Crippen LogP contribution in [0, 0.1) is 11.8 Å². The van der Waals surface area contributed by atoms with Gasteiger partial charge in [-0.05, 0) is 25.2 Å². The number of rotatable bonds is 9. The number of hydrogen-bond donors (Lipinski definition) is 0. The van der Waals surface area contributed by atoms with Gasteiger partial charge in [-0.25, -0.2) is 0 Å². The summed E-state index contributed by atoms with van der Waals surface area (Å²) in [6.07, 6.45) is 6.53. The van der Waals surface area contributed by atoms with E-state index in [1.54, 1.807) is 0 Å². The van der Waals surface area contributed by atoms with Crippen LogP contribution in [0.15, 0.2) is 0 Å². The lowest BCUT2D eigenvalue weighted by molar-refractivity contribution is -0.150. The summed E-state index contributed by atoms with van der Waals surface area (Å²) in [5, 5.41) is 0. The molecule has 0 N–H and O–H groups in total. The first kappa shape index (κ1) is 15.5. The predicted molar refractivity (Wildman–Crippen MR) is 68.3 cm³/mol. The van der Waals surface area contributed by atoms with Gasteiger partial charge in [0.15, 0.2) is 0 Å². The molecule has 0 aliphatic heterocycles. The van der Waals surface area contributed by atoms with Crippen LogP contribution in [0.3, 0.4) is 0 Å². The molecule has 2 nitrogen and oxygen atoms in total. The Labute approximate surface area is 101 Å². The van der Waals surface area contributed by atoms with E-state index >= 15 is 0 Å². The molecule has 0 aliphatic rings. The van der Waals surface area contributed by atoms with E-state index in [0.29, 0.717) is 12.5 Å². The van der Waals surface area contributed by atoms with Crippen molar-refractivity contribution in [1.29, 1.82) is 0 Å². The molecule has 0 aromatic carbocycles. The molecule has 16 heavy (non-hydrogen) atoms. The van der Waals surface area contributed by atoms with Gasteiger partial charge >= 0.3 is 5.97 Å². The van der Waals surface area contributed by atoms with Crippen LogP contribution in [0.2, 0.25) is 0 Å². The third kappa shape index (κ3) is 6.14. The van der Waals surface area contributed by atoms with Gasteiger partial charge in [0.1, 0.15) is 0 Å². The molecule has 0 saturated carbocycles. The van der Waals surface area contributed by atoms with Gasteiger partial charge in [-0.2, -0.15) is 0 Å². The molecule has 2 heteroatoms. The van der Waals surface area contributed by atoms with Crippen LogP contribution in [0.5, 0.6) is 0 Å². The molecule has 0 aliphatic carbocycles. The van der Waals surface area contributed by atoms with Crippen molar-refractivity contribution in [3.63, 3.8) is 0 Å². The summed E-state index contributed by atoms with van der Waals surface area (Å²) >= 11 is 0. The average molecular weight is 228 g/mol. The molecule has 0 bridgehead atoms. The monoisotopic (exact) mass is 228 g/mol. The first-order valence-corrected chi connectivity index (χ1v) is 6.86. The fourth-order valence-electron chi connectivity index (χ4n) is 1.84. The Morgan fingerprint density at radius 2 is 1.69 bits per heavy atom. The lowest BCUT2D eigenvalue weighted by atomic mass is 10.00. The summed E-state index contributed by atoms with van der Waals surface area (Å²) in [5.74, 6) is 0.655. The third-order valence-electron chi connectivity index (χ3n) is 3.32. The lowest BCUT2D eigenvalue weighted by Crippen LogP contribution is -2.20. The topological polar surface area (TPSA) is 26.3 Å². The summed E-state index contributed by atoms with van der Waals surface area (Å²) < 4.78 is 5.40. The molecule has 0 rings (SSSR count). The highest BCUT2D eigenvalue weighted by Gasteiger charge is 2.17. The molecule has 0 fully saturated rings. The zero-order valence-corrected chi connectivity index (χ0v) is 11.4. The zero-order valence-electron chi connectivity index (χ0n) is 11.4. The van der Waals surface area contributed by atoms with Gasteiger partial charge in [0, 0.05) is 0 Å². The van der Waals surface area contributed by atoms with Crippen molar-refractivity contribution in [2.24, 2.45) is 11.8 Å². The summed E-state index contributed by atoms with van der Waals surface area (Å²) in [7, 11) is 0. The summed E-state index contributed by atoms with van der Waals surface area (Å²) in [6, 6.07) is 0. The van der Waals surface area contributed by atoms with Crippen LogP contribution in [0.25, 0.3) is 0 Å². The van der Waals surface area contributed by atoms with Gasteiger partial charge in [0.05, 0.1) is 12.5 Å². The van der Waals surface area contributed by atoms with Crippen LogP contribution in [-0.4, -0.2) is 12.6 Å². The number of ether oxygens (including phenoxy) is 1. The second-order valence-electron chi connectivity index (χ2n) is 4.56. The molecular formula is C14H28O2. The van der Waals surface area contributed by atoms with Gasteiger partial charge in [0.2, 0.25) is 0 Å². The second kappa shape index (κ2) is 9.68. The molecule has 0 saturated heterocycles. The van der Waals surface area contributed by atoms with E-state index in [1.807, 2.05) is 13.8 Å². The van der Waals surface area contributed by atoms with Crippen LogP contribution in [0.4, 0.5) is 0 Å². The van der Waals surface area contributed by atoms with Gasteiger partial charge in [-0.1, -0.05) is 47.0 Å². The van der Waals surface area contributed by atoms with Crippen molar-refractivity contribution in [2.45, 2.75) is 66.2 Å². The summed E-state index contributed by atoms with van der Waals surface area (Å²) in [5.41, 5.74) is 0. The Hall–Kier alpha value is -0.530. The van der Waals surface area contributed by atoms with Crippen molar-refractivity contribution in [2.75, 3.05) is 6.61 Å². The number of carbonyl (C=O) groups is 1. The van der Waals surface area contributed by atoms with Crippen molar-refractivity contribution < 1.29 is 9.53 Å². The van der Waals surface area contributed by atoms with Gasteiger partial charge < -0.3 is 4.74 Å². The fourth-order valence-corrected chi connectivity index (χ4v) is 1.84. The minimum atomic E-state index is -0.0000477. The zero-order chi connectivity index (χ0) is 12.4. The van der Waals surface area contributed by atoms with E-state index in [0.717, 1.165) is 19.3 Å². The van der Waals surface area contributed by atoms with Crippen molar-refractivity contribution in [3.05, 3.63) is 0 Å². The quantitative estimate of drug-likeness (QED) is 0.553. The Morgan fingerprint density at radius 3 is 2.12 bits per heavy atom. The summed E-state index contributed by atoms with van der Waals surface area (Å²) in [4.78, 5) is 11.7. The van der Waals surface area contributed by atoms with E-state index in [4.69, 9.17) is 4.74 Å². The molecule has 0 amide bonds. The van der Waals surface area contributed by atoms with E-state index in [1.165, 1.54) is 19.3 Å². The third-order valence-corrected chi connectivity index (χ3v) is 3.32. The molecule has 0 spiro atoms. The van der Waals surface area contributed by atoms with Crippen molar-refractivity contribution >= 4 is 5.97 Å². The molecule has 0 heterocycles. The number of esters is 1. The van der Waals surface area contributed by atoms with E-state index in [9.17, 15) is 4.79 Å². The van der Waals surface area contributed by atoms with Crippen molar-refractivity contribution in [1.82, 2.24) is 0 Å². The highest BCUT2D eigenvalue weighted by atomic mass is 16.5. The molecule has 1 unspecified atom stereocenters. The lowest BCUT2D eigenvalue weighted by Gasteiger charge is -2.17. The maximum absolute atomic E-state index is 11.7. The second-order valence-corrected chi connectivity index (χ2v) is 4.56. The van der Waals surface area contributed by atoms with Gasteiger partial charge in [-0.3, -0.25) is 4.79 Å². The highest BCUT2D eigenvalue weighted by Crippen LogP contribution is 2.15. The maximum atomic E-state index is 11.7. The summed E-state index contributed by atoms with van der Waals surface area (Å²) in [6.45, 7) is 9.08. The Balaban J connectivity index is 3.86. The van der Waals surface area contributed by atoms with Crippen LogP contribution >= 0.6 is 0 Å². The molecule has 0 radical (unpaired) electrons. The first-order chi connectivity index (χ1) is 7.69. The molecule has 1 atom stereocenters. The molecule has 0 aromatic heterocycles. The van der Waals surface area contributed by atoms with Crippen LogP contribution < -0.4 is 0 Å². The van der Waals surface area contributed by atoms with Gasteiger partial charge in [-0.15, -0.1) is 0 Å². The maximum Gasteiger partial charge on any atom is 0.308 e. The number of hydrogen-bond acceptors (Lipinski definition) is 2. The van der Waals surface area contributed by atoms with E-state index in [2.05, 4.69) is 13.8 Å². The number of unbranched alkanes of at least 4 members (excludes halogenated alkanes) is 1. The minimum Gasteiger partial charge on any atom is -0.465 e. The van der Waals surface area contributed by atoms with Gasteiger partial charge in [0.25, 0.3) is 0 Å². The Bertz CT molecular complexity index is 174. The SMILES string of the molecule is CCCCC(CC)COC(=O)C(CC)CC. The first-order valence-electron chi connectivity index (χ1n) is 6.86. The molecular weight excluding hydrogens is 200 g/mol. The normalized spacial score (nSPS) is 12.8. The van der Waals surface area contributed by atoms with E-state index < -0.39 is 0 Å². The molecule has 0 aromatic rings. The van der Waals surface area contributed by atoms with Crippen LogP contribution in [-0.2, 0) is 9.53 Å². The standard InChI is InChI=1S/C14H28O2/c1-5-9-10-12(6-2)11-16-14(15)13(7-3)8-4/h12-13H,5-11H2,1-4H3. The molecule has 96 valence electrons. The Morgan fingerprint density at radius 1 is 1.06 bits per heavy atom. The largest absolute Gasteiger partial charge is 0.465 e. The number of carbonyl (C=O) groups excluding carboxylic acids is 1. The van der Waals surface area contributed by atoms with Crippen molar-refractivity contribution in [3.8, 4) is 0 Å². The van der Waals surface area contributed by atoms with E-state index in [-0.39, 0.29) is 11.9 Å².